The first-order valence-corrected chi connectivity index (χ1v) is 6.13. The van der Waals surface area contributed by atoms with Crippen LogP contribution in [0.1, 0.15) is 28.4 Å². The number of hydrogen-bond donors (Lipinski definition) is 0. The van der Waals surface area contributed by atoms with Crippen LogP contribution in [0.4, 0.5) is 13.2 Å². The summed E-state index contributed by atoms with van der Waals surface area (Å²) < 4.78 is 38.4. The van der Waals surface area contributed by atoms with Crippen LogP contribution >= 0.6 is 27.5 Å². The Balaban J connectivity index is 3.46. The summed E-state index contributed by atoms with van der Waals surface area (Å²) >= 11 is 8.58. The van der Waals surface area contributed by atoms with Crippen LogP contribution in [0.5, 0.6) is 0 Å². The minimum absolute atomic E-state index is 0.0748. The topological polar surface area (TPSA) is 17.1 Å². The van der Waals surface area contributed by atoms with Gasteiger partial charge in [-0.05, 0) is 24.1 Å². The molecule has 0 saturated carbocycles. The van der Waals surface area contributed by atoms with Crippen molar-refractivity contribution in [2.75, 3.05) is 0 Å². The van der Waals surface area contributed by atoms with Crippen molar-refractivity contribution < 1.29 is 18.0 Å². The molecule has 0 spiro atoms. The normalized spacial score (nSPS) is 13.5. The number of alkyl halides is 5. The highest BCUT2D eigenvalue weighted by atomic mass is 79.9. The molecule has 1 atom stereocenters. The van der Waals surface area contributed by atoms with Gasteiger partial charge in [0.15, 0.2) is 0 Å². The molecule has 0 heterocycles. The van der Waals surface area contributed by atoms with E-state index in [1.807, 2.05) is 0 Å². The molecule has 0 fully saturated rings. The van der Waals surface area contributed by atoms with Gasteiger partial charge in [0.1, 0.15) is 5.78 Å². The Labute approximate surface area is 110 Å². The molecule has 0 aliphatic carbocycles. The first-order valence-electron chi connectivity index (χ1n) is 4.68. The van der Waals surface area contributed by atoms with E-state index in [0.29, 0.717) is 5.56 Å². The predicted molar refractivity (Wildman–Crippen MR) is 63.4 cm³/mol. The predicted octanol–water partition coefficient (Wildman–Crippen LogP) is 4.47. The van der Waals surface area contributed by atoms with E-state index in [0.717, 1.165) is 6.07 Å². The molecular weight excluding hydrogens is 320 g/mol. The van der Waals surface area contributed by atoms with Crippen LogP contribution in [-0.4, -0.2) is 5.78 Å². The highest BCUT2D eigenvalue weighted by molar-refractivity contribution is 9.09. The Morgan fingerprint density at radius 2 is 2.06 bits per heavy atom. The van der Waals surface area contributed by atoms with E-state index in [1.165, 1.54) is 19.1 Å². The molecule has 0 amide bonds. The molecule has 0 radical (unpaired) electrons. The lowest BCUT2D eigenvalue weighted by Gasteiger charge is -2.18. The van der Waals surface area contributed by atoms with Gasteiger partial charge in [0.25, 0.3) is 0 Å². The highest BCUT2D eigenvalue weighted by Crippen LogP contribution is 2.39. The number of Topliss-reactive ketones (excluding diaryl/α,β-unsaturated/α-hetero) is 1. The van der Waals surface area contributed by atoms with Crippen LogP contribution in [0.25, 0.3) is 0 Å². The van der Waals surface area contributed by atoms with Gasteiger partial charge in [-0.1, -0.05) is 28.1 Å². The zero-order chi connectivity index (χ0) is 13.2. The van der Waals surface area contributed by atoms with Crippen LogP contribution in [-0.2, 0) is 16.9 Å². The standard InChI is InChI=1S/C11H9BrClF3O/c1-6(17)10(12)9-7(5-13)3-2-4-8(9)11(14,15)16/h2-4,10H,5H2,1H3. The monoisotopic (exact) mass is 328 g/mol. The van der Waals surface area contributed by atoms with Crippen molar-refractivity contribution in [3.63, 3.8) is 0 Å². The maximum Gasteiger partial charge on any atom is 0.416 e. The Morgan fingerprint density at radius 1 is 1.47 bits per heavy atom. The SMILES string of the molecule is CC(=O)C(Br)c1c(CCl)cccc1C(F)(F)F. The lowest BCUT2D eigenvalue weighted by Crippen LogP contribution is -2.15. The van der Waals surface area contributed by atoms with E-state index in [1.54, 1.807) is 0 Å². The van der Waals surface area contributed by atoms with Gasteiger partial charge in [0.05, 0.1) is 10.4 Å². The number of halogens is 5. The minimum Gasteiger partial charge on any atom is -0.298 e. The third-order valence-electron chi connectivity index (χ3n) is 2.26. The smallest absolute Gasteiger partial charge is 0.298 e. The Morgan fingerprint density at radius 3 is 2.47 bits per heavy atom. The number of benzene rings is 1. The molecule has 0 aliphatic heterocycles. The molecule has 17 heavy (non-hydrogen) atoms. The summed E-state index contributed by atoms with van der Waals surface area (Å²) in [4.78, 5) is 10.2. The first-order chi connectivity index (χ1) is 7.79. The molecular formula is C11H9BrClF3O. The maximum absolute atomic E-state index is 12.8. The van der Waals surface area contributed by atoms with E-state index >= 15 is 0 Å². The molecule has 6 heteroatoms. The van der Waals surface area contributed by atoms with Crippen LogP contribution < -0.4 is 0 Å². The van der Waals surface area contributed by atoms with Crippen LogP contribution in [0.15, 0.2) is 18.2 Å². The maximum atomic E-state index is 12.8. The van der Waals surface area contributed by atoms with Crippen molar-refractivity contribution in [1.82, 2.24) is 0 Å². The minimum atomic E-state index is -4.50. The van der Waals surface area contributed by atoms with Crippen molar-refractivity contribution in [2.45, 2.75) is 23.8 Å². The number of carbonyl (C=O) groups excluding carboxylic acids is 1. The molecule has 1 rings (SSSR count). The molecule has 0 N–H and O–H groups in total. The number of hydrogen-bond acceptors (Lipinski definition) is 1. The lowest BCUT2D eigenvalue weighted by molar-refractivity contribution is -0.138. The summed E-state index contributed by atoms with van der Waals surface area (Å²) in [7, 11) is 0. The van der Waals surface area contributed by atoms with Crippen molar-refractivity contribution >= 4 is 33.3 Å². The van der Waals surface area contributed by atoms with Gasteiger partial charge in [-0.25, -0.2) is 0 Å². The second kappa shape index (κ2) is 5.40. The quantitative estimate of drug-likeness (QED) is 0.748. The van der Waals surface area contributed by atoms with Crippen molar-refractivity contribution in [2.24, 2.45) is 0 Å². The van der Waals surface area contributed by atoms with Crippen molar-refractivity contribution in [1.29, 1.82) is 0 Å². The summed E-state index contributed by atoms with van der Waals surface area (Å²) in [5, 5.41) is 0. The van der Waals surface area contributed by atoms with Gasteiger partial charge in [0, 0.05) is 5.88 Å². The number of rotatable bonds is 3. The Hall–Kier alpha value is -0.550. The van der Waals surface area contributed by atoms with E-state index in [2.05, 4.69) is 15.9 Å². The summed E-state index contributed by atoms with van der Waals surface area (Å²) in [5.74, 6) is -0.470. The lowest BCUT2D eigenvalue weighted by atomic mass is 9.97. The number of carbonyl (C=O) groups is 1. The fourth-order valence-corrected chi connectivity index (χ4v) is 2.25. The van der Waals surface area contributed by atoms with Crippen molar-refractivity contribution in [3.05, 3.63) is 34.9 Å². The molecule has 0 saturated heterocycles. The number of ketones is 1. The zero-order valence-corrected chi connectivity index (χ0v) is 11.2. The molecule has 1 aromatic carbocycles. The molecule has 0 aliphatic rings. The summed E-state index contributed by atoms with van der Waals surface area (Å²) in [5.41, 5.74) is -0.617. The van der Waals surface area contributed by atoms with Gasteiger partial charge >= 0.3 is 6.18 Å². The zero-order valence-electron chi connectivity index (χ0n) is 8.81. The molecule has 1 nitrogen and oxygen atoms in total. The fraction of sp³-hybridized carbons (Fsp3) is 0.364. The molecule has 0 bridgehead atoms. The second-order valence-electron chi connectivity index (χ2n) is 3.48. The Bertz CT molecular complexity index is 431. The molecule has 1 unspecified atom stereocenters. The third-order valence-corrected chi connectivity index (χ3v) is 3.65. The summed E-state index contributed by atoms with van der Waals surface area (Å²) in [6.07, 6.45) is -4.50. The van der Waals surface area contributed by atoms with Crippen LogP contribution in [0.2, 0.25) is 0 Å². The third kappa shape index (κ3) is 3.22. The average Bonchev–Trinajstić information content (AvgIpc) is 2.25. The van der Waals surface area contributed by atoms with Gasteiger partial charge in [-0.3, -0.25) is 4.79 Å². The van der Waals surface area contributed by atoms with Gasteiger partial charge in [0.2, 0.25) is 0 Å². The van der Waals surface area contributed by atoms with Crippen LogP contribution in [0.3, 0.4) is 0 Å². The van der Waals surface area contributed by atoms with Crippen molar-refractivity contribution in [3.8, 4) is 0 Å². The van der Waals surface area contributed by atoms with Gasteiger partial charge in [-0.2, -0.15) is 13.2 Å². The Kier molecular flexibility index (Phi) is 4.61. The molecule has 0 aromatic heterocycles. The van der Waals surface area contributed by atoms with E-state index in [-0.39, 0.29) is 11.4 Å². The molecule has 1 aromatic rings. The first kappa shape index (κ1) is 14.5. The van der Waals surface area contributed by atoms with E-state index in [9.17, 15) is 18.0 Å². The second-order valence-corrected chi connectivity index (χ2v) is 4.67. The molecule has 94 valence electrons. The fourth-order valence-electron chi connectivity index (χ4n) is 1.48. The van der Waals surface area contributed by atoms with Gasteiger partial charge < -0.3 is 0 Å². The summed E-state index contributed by atoms with van der Waals surface area (Å²) in [6.45, 7) is 1.23. The highest BCUT2D eigenvalue weighted by Gasteiger charge is 2.36. The summed E-state index contributed by atoms with van der Waals surface area (Å²) in [6, 6.07) is 3.71. The largest absolute Gasteiger partial charge is 0.416 e. The van der Waals surface area contributed by atoms with Crippen LogP contribution in [0, 0.1) is 0 Å². The average molecular weight is 330 g/mol. The van der Waals surface area contributed by atoms with E-state index in [4.69, 9.17) is 11.6 Å². The van der Waals surface area contributed by atoms with Gasteiger partial charge in [-0.15, -0.1) is 11.6 Å². The van der Waals surface area contributed by atoms with E-state index < -0.39 is 22.4 Å².